The standard InChI is InChI=1S/C15H13N5OS/c1-3-10(17-4-2)9-7-22-13-12(9)19-14(20-15(13)21)11-5-6-16-8-18-11/h3-8H,1-2H3,(H,19,20,21)/b10-3-,17-4?. The van der Waals surface area contributed by atoms with Crippen molar-refractivity contribution in [2.24, 2.45) is 4.99 Å². The zero-order valence-electron chi connectivity index (χ0n) is 12.1. The van der Waals surface area contributed by atoms with Crippen molar-refractivity contribution in [1.29, 1.82) is 0 Å². The molecule has 0 amide bonds. The van der Waals surface area contributed by atoms with Gasteiger partial charge in [0.05, 0.1) is 11.2 Å². The molecule has 3 heterocycles. The SMILES string of the molecule is CC=N/C(=C\C)c1csc2c(=O)[nH]c(-c3ccncn3)nc12. The minimum Gasteiger partial charge on any atom is -0.304 e. The largest absolute Gasteiger partial charge is 0.304 e. The number of H-pyrrole nitrogens is 1. The van der Waals surface area contributed by atoms with Crippen molar-refractivity contribution in [3.8, 4) is 11.5 Å². The number of aliphatic imine (C=N–C) groups is 1. The Balaban J connectivity index is 2.26. The van der Waals surface area contributed by atoms with E-state index in [1.807, 2.05) is 25.3 Å². The Labute approximate surface area is 130 Å². The second kappa shape index (κ2) is 5.98. The molecule has 3 aromatic rings. The van der Waals surface area contributed by atoms with Crippen LogP contribution in [0.1, 0.15) is 19.4 Å². The summed E-state index contributed by atoms with van der Waals surface area (Å²) in [6, 6.07) is 1.71. The lowest BCUT2D eigenvalue weighted by Gasteiger charge is -2.02. The molecule has 0 bridgehead atoms. The number of hydrogen-bond donors (Lipinski definition) is 1. The molecule has 6 nitrogen and oxygen atoms in total. The first-order valence-corrected chi connectivity index (χ1v) is 7.55. The van der Waals surface area contributed by atoms with Gasteiger partial charge in [0, 0.05) is 23.4 Å². The van der Waals surface area contributed by atoms with Gasteiger partial charge in [-0.2, -0.15) is 0 Å². The van der Waals surface area contributed by atoms with E-state index in [4.69, 9.17) is 0 Å². The van der Waals surface area contributed by atoms with Crippen LogP contribution in [0, 0.1) is 0 Å². The lowest BCUT2D eigenvalue weighted by molar-refractivity contribution is 1.11. The second-order valence-electron chi connectivity index (χ2n) is 4.40. The quantitative estimate of drug-likeness (QED) is 0.754. The fourth-order valence-electron chi connectivity index (χ4n) is 2.10. The summed E-state index contributed by atoms with van der Waals surface area (Å²) in [5.41, 5.74) is 2.68. The minimum absolute atomic E-state index is 0.175. The summed E-state index contributed by atoms with van der Waals surface area (Å²) in [4.78, 5) is 31.9. The molecular weight excluding hydrogens is 298 g/mol. The van der Waals surface area contributed by atoms with Crippen LogP contribution in [0.4, 0.5) is 0 Å². The number of rotatable bonds is 3. The van der Waals surface area contributed by atoms with Gasteiger partial charge >= 0.3 is 0 Å². The van der Waals surface area contributed by atoms with Gasteiger partial charge in [0.15, 0.2) is 5.82 Å². The summed E-state index contributed by atoms with van der Waals surface area (Å²) < 4.78 is 0.582. The van der Waals surface area contributed by atoms with Gasteiger partial charge in [-0.3, -0.25) is 9.79 Å². The van der Waals surface area contributed by atoms with Gasteiger partial charge in [-0.25, -0.2) is 15.0 Å². The molecule has 3 rings (SSSR count). The van der Waals surface area contributed by atoms with Crippen LogP contribution in [-0.4, -0.2) is 26.2 Å². The summed E-state index contributed by atoms with van der Waals surface area (Å²) >= 11 is 1.36. The van der Waals surface area contributed by atoms with Crippen molar-refractivity contribution < 1.29 is 0 Å². The highest BCUT2D eigenvalue weighted by Gasteiger charge is 2.14. The van der Waals surface area contributed by atoms with Crippen molar-refractivity contribution in [3.05, 3.63) is 46.0 Å². The Bertz CT molecular complexity index is 924. The van der Waals surface area contributed by atoms with E-state index in [0.29, 0.717) is 21.7 Å². The van der Waals surface area contributed by atoms with Crippen molar-refractivity contribution in [1.82, 2.24) is 19.9 Å². The van der Waals surface area contributed by atoms with E-state index < -0.39 is 0 Å². The molecule has 7 heteroatoms. The molecule has 0 saturated carbocycles. The van der Waals surface area contributed by atoms with Crippen LogP contribution in [0.25, 0.3) is 27.4 Å². The molecule has 0 radical (unpaired) electrons. The van der Waals surface area contributed by atoms with Crippen LogP contribution >= 0.6 is 11.3 Å². The zero-order chi connectivity index (χ0) is 15.5. The Morgan fingerprint density at radius 3 is 2.95 bits per heavy atom. The number of fused-ring (bicyclic) bond motifs is 1. The van der Waals surface area contributed by atoms with E-state index in [2.05, 4.69) is 24.9 Å². The van der Waals surface area contributed by atoms with Crippen LogP contribution < -0.4 is 5.56 Å². The molecule has 0 aliphatic carbocycles. The minimum atomic E-state index is -0.175. The molecule has 0 aliphatic heterocycles. The molecule has 110 valence electrons. The molecule has 0 fully saturated rings. The molecule has 0 unspecified atom stereocenters. The first-order chi connectivity index (χ1) is 10.7. The van der Waals surface area contributed by atoms with Crippen LogP contribution in [0.15, 0.2) is 39.8 Å². The number of thiophene rings is 1. The van der Waals surface area contributed by atoms with Gasteiger partial charge in [0.1, 0.15) is 16.7 Å². The maximum Gasteiger partial charge on any atom is 0.269 e. The van der Waals surface area contributed by atoms with Gasteiger partial charge in [0.2, 0.25) is 0 Å². The van der Waals surface area contributed by atoms with Crippen LogP contribution in [0.2, 0.25) is 0 Å². The predicted octanol–water partition coefficient (Wildman–Crippen LogP) is 2.89. The Kier molecular flexibility index (Phi) is 3.88. The first kappa shape index (κ1) is 14.3. The summed E-state index contributed by atoms with van der Waals surface area (Å²) in [6.07, 6.45) is 6.65. The zero-order valence-corrected chi connectivity index (χ0v) is 12.9. The average Bonchev–Trinajstić information content (AvgIpc) is 2.98. The van der Waals surface area contributed by atoms with E-state index >= 15 is 0 Å². The summed E-state index contributed by atoms with van der Waals surface area (Å²) in [5, 5.41) is 1.90. The smallest absolute Gasteiger partial charge is 0.269 e. The molecule has 22 heavy (non-hydrogen) atoms. The predicted molar refractivity (Wildman–Crippen MR) is 89.1 cm³/mol. The van der Waals surface area contributed by atoms with E-state index in [9.17, 15) is 4.79 Å². The Morgan fingerprint density at radius 2 is 2.27 bits per heavy atom. The van der Waals surface area contributed by atoms with Gasteiger partial charge in [-0.1, -0.05) is 6.08 Å². The average molecular weight is 311 g/mol. The van der Waals surface area contributed by atoms with E-state index in [-0.39, 0.29) is 5.56 Å². The summed E-state index contributed by atoms with van der Waals surface area (Å²) in [7, 11) is 0. The fraction of sp³-hybridized carbons (Fsp3) is 0.133. The number of hydrogen-bond acceptors (Lipinski definition) is 6. The van der Waals surface area contributed by atoms with Gasteiger partial charge in [-0.15, -0.1) is 11.3 Å². The van der Waals surface area contributed by atoms with E-state index in [1.54, 1.807) is 18.5 Å². The maximum atomic E-state index is 12.3. The third-order valence-electron chi connectivity index (χ3n) is 3.07. The third kappa shape index (κ3) is 2.46. The highest BCUT2D eigenvalue weighted by atomic mass is 32.1. The summed E-state index contributed by atoms with van der Waals surface area (Å²) in [5.74, 6) is 0.426. The number of aromatic nitrogens is 4. The number of aromatic amines is 1. The van der Waals surface area contributed by atoms with E-state index in [1.165, 1.54) is 17.7 Å². The molecule has 0 saturated heterocycles. The van der Waals surface area contributed by atoms with Crippen molar-refractivity contribution in [2.75, 3.05) is 0 Å². The van der Waals surface area contributed by atoms with Crippen LogP contribution in [0.3, 0.4) is 0 Å². The van der Waals surface area contributed by atoms with Crippen molar-refractivity contribution in [2.45, 2.75) is 13.8 Å². The van der Waals surface area contributed by atoms with Gasteiger partial charge in [-0.05, 0) is 19.9 Å². The number of allylic oxidation sites excluding steroid dienone is 1. The molecule has 1 N–H and O–H groups in total. The molecule has 3 aromatic heterocycles. The van der Waals surface area contributed by atoms with Crippen molar-refractivity contribution in [3.63, 3.8) is 0 Å². The monoisotopic (exact) mass is 311 g/mol. The molecule has 0 spiro atoms. The highest BCUT2D eigenvalue weighted by Crippen LogP contribution is 2.29. The lowest BCUT2D eigenvalue weighted by atomic mass is 10.2. The highest BCUT2D eigenvalue weighted by molar-refractivity contribution is 7.17. The topological polar surface area (TPSA) is 83.9 Å². The Morgan fingerprint density at radius 1 is 1.41 bits per heavy atom. The van der Waals surface area contributed by atoms with Gasteiger partial charge < -0.3 is 4.98 Å². The molecule has 0 aliphatic rings. The fourth-order valence-corrected chi connectivity index (χ4v) is 2.99. The number of nitrogens with zero attached hydrogens (tertiary/aromatic N) is 4. The molecule has 0 aromatic carbocycles. The third-order valence-corrected chi connectivity index (χ3v) is 4.04. The van der Waals surface area contributed by atoms with E-state index in [0.717, 1.165) is 11.3 Å². The van der Waals surface area contributed by atoms with Crippen LogP contribution in [-0.2, 0) is 0 Å². The summed E-state index contributed by atoms with van der Waals surface area (Å²) in [6.45, 7) is 3.76. The molecular formula is C15H13N5OS. The van der Waals surface area contributed by atoms with Gasteiger partial charge in [0.25, 0.3) is 5.56 Å². The maximum absolute atomic E-state index is 12.3. The first-order valence-electron chi connectivity index (χ1n) is 6.68. The Hall–Kier alpha value is -2.67. The normalized spacial score (nSPS) is 12.4. The lowest BCUT2D eigenvalue weighted by Crippen LogP contribution is -2.08. The van der Waals surface area contributed by atoms with Crippen molar-refractivity contribution >= 4 is 33.5 Å². The second-order valence-corrected chi connectivity index (χ2v) is 5.28. The number of nitrogens with one attached hydrogen (secondary N) is 1. The molecule has 0 atom stereocenters. The van der Waals surface area contributed by atoms with Crippen LogP contribution in [0.5, 0.6) is 0 Å².